The van der Waals surface area contributed by atoms with Gasteiger partial charge in [0.05, 0.1) is 11.9 Å². The fourth-order valence-corrected chi connectivity index (χ4v) is 2.72. The average molecular weight is 389 g/mol. The molecule has 0 amide bonds. The van der Waals surface area contributed by atoms with Crippen LogP contribution in [0.2, 0.25) is 5.02 Å². The maximum atomic E-state index is 8.98. The number of oxazole rings is 1. The van der Waals surface area contributed by atoms with Crippen LogP contribution in [0.4, 0.5) is 5.88 Å². The first-order chi connectivity index (χ1) is 13.7. The van der Waals surface area contributed by atoms with E-state index in [0.29, 0.717) is 5.02 Å². The van der Waals surface area contributed by atoms with Crippen LogP contribution >= 0.6 is 11.6 Å². The third-order valence-electron chi connectivity index (χ3n) is 3.92. The number of nitrogens with zero attached hydrogens (tertiary/aromatic N) is 5. The van der Waals surface area contributed by atoms with Crippen LogP contribution in [0.5, 0.6) is 0 Å². The molecule has 4 aromatic rings. The highest BCUT2D eigenvalue weighted by molar-refractivity contribution is 6.30. The molecule has 0 unspecified atom stereocenters. The van der Waals surface area contributed by atoms with E-state index in [2.05, 4.69) is 15.5 Å². The number of rotatable bonds is 5. The number of aromatic nitrogens is 3. The van der Waals surface area contributed by atoms with Crippen molar-refractivity contribution in [3.05, 3.63) is 83.5 Å². The van der Waals surface area contributed by atoms with Gasteiger partial charge in [0.2, 0.25) is 5.69 Å². The average Bonchev–Trinajstić information content (AvgIpc) is 3.36. The zero-order valence-electron chi connectivity index (χ0n) is 14.5. The minimum Gasteiger partial charge on any atom is -0.425 e. The van der Waals surface area contributed by atoms with E-state index in [4.69, 9.17) is 26.4 Å². The van der Waals surface area contributed by atoms with Crippen LogP contribution in [0.15, 0.2) is 76.7 Å². The quantitative estimate of drug-likeness (QED) is 0.401. The van der Waals surface area contributed by atoms with E-state index in [1.54, 1.807) is 10.9 Å². The highest BCUT2D eigenvalue weighted by atomic mass is 35.5. The van der Waals surface area contributed by atoms with Crippen LogP contribution in [0.25, 0.3) is 16.9 Å². The molecule has 28 heavy (non-hydrogen) atoms. The fourth-order valence-electron chi connectivity index (χ4n) is 2.59. The Bertz CT molecular complexity index is 1160. The number of hydrogen-bond acceptors (Lipinski definition) is 6. The number of anilines is 1. The second-order valence-electron chi connectivity index (χ2n) is 5.73. The molecule has 7 nitrogen and oxygen atoms in total. The molecule has 0 saturated carbocycles. The van der Waals surface area contributed by atoms with E-state index in [1.165, 1.54) is 6.39 Å². The standard InChI is InChI=1S/C20H13ClN6O/c21-16-8-6-14(7-9-16)19-15(11-24-25-20-18(10-22)23-13-28-20)12-27(26-19)17-4-2-1-3-5-17/h1-9,11-13,25H/b24-11-. The molecule has 0 aliphatic rings. The van der Waals surface area contributed by atoms with Gasteiger partial charge in [-0.15, -0.1) is 0 Å². The summed E-state index contributed by atoms with van der Waals surface area (Å²) in [6.07, 6.45) is 4.67. The van der Waals surface area contributed by atoms with Crippen molar-refractivity contribution in [3.8, 4) is 23.0 Å². The van der Waals surface area contributed by atoms with Gasteiger partial charge in [0.15, 0.2) is 6.39 Å². The van der Waals surface area contributed by atoms with Gasteiger partial charge in [-0.05, 0) is 24.3 Å². The number of benzene rings is 2. The van der Waals surface area contributed by atoms with Crippen LogP contribution in [0, 0.1) is 11.3 Å². The second-order valence-corrected chi connectivity index (χ2v) is 6.17. The van der Waals surface area contributed by atoms with Gasteiger partial charge in [-0.3, -0.25) is 0 Å². The summed E-state index contributed by atoms with van der Waals surface area (Å²) >= 11 is 6.00. The van der Waals surface area contributed by atoms with Crippen LogP contribution in [0.1, 0.15) is 11.3 Å². The maximum absolute atomic E-state index is 8.98. The summed E-state index contributed by atoms with van der Waals surface area (Å²) in [6, 6.07) is 19.1. The molecule has 0 radical (unpaired) electrons. The smallest absolute Gasteiger partial charge is 0.251 e. The van der Waals surface area contributed by atoms with Gasteiger partial charge in [-0.25, -0.2) is 15.1 Å². The summed E-state index contributed by atoms with van der Waals surface area (Å²) in [5, 5.41) is 18.5. The Labute approximate surface area is 165 Å². The number of para-hydroxylation sites is 1. The predicted octanol–water partition coefficient (Wildman–Crippen LogP) is 4.50. The van der Waals surface area contributed by atoms with Crippen LogP contribution in [0.3, 0.4) is 0 Å². The summed E-state index contributed by atoms with van der Waals surface area (Å²) in [7, 11) is 0. The van der Waals surface area contributed by atoms with Crippen LogP contribution in [-0.2, 0) is 0 Å². The highest BCUT2D eigenvalue weighted by Gasteiger charge is 2.12. The van der Waals surface area contributed by atoms with Crippen molar-refractivity contribution in [2.45, 2.75) is 0 Å². The number of nitrogens with one attached hydrogen (secondary N) is 1. The minimum absolute atomic E-state index is 0.134. The lowest BCUT2D eigenvalue weighted by Crippen LogP contribution is -1.93. The molecular weight excluding hydrogens is 376 g/mol. The van der Waals surface area contributed by atoms with Gasteiger partial charge < -0.3 is 4.42 Å². The van der Waals surface area contributed by atoms with Gasteiger partial charge in [0, 0.05) is 22.3 Å². The molecule has 0 aliphatic heterocycles. The Kier molecular flexibility index (Phi) is 4.87. The topological polar surface area (TPSA) is 92.0 Å². The third-order valence-corrected chi connectivity index (χ3v) is 4.18. The Balaban J connectivity index is 1.70. The molecule has 136 valence electrons. The van der Waals surface area contributed by atoms with E-state index < -0.39 is 0 Å². The molecule has 0 atom stereocenters. The number of hydrazone groups is 1. The summed E-state index contributed by atoms with van der Waals surface area (Å²) in [6.45, 7) is 0. The molecule has 2 aromatic carbocycles. The molecule has 2 heterocycles. The Morgan fingerprint density at radius 1 is 1.14 bits per heavy atom. The van der Waals surface area contributed by atoms with E-state index in [0.717, 1.165) is 22.5 Å². The van der Waals surface area contributed by atoms with Crippen molar-refractivity contribution in [1.82, 2.24) is 14.8 Å². The molecule has 0 aliphatic carbocycles. The zero-order chi connectivity index (χ0) is 19.3. The molecular formula is C20H13ClN6O. The molecule has 1 N–H and O–H groups in total. The van der Waals surface area contributed by atoms with E-state index >= 15 is 0 Å². The third kappa shape index (κ3) is 3.63. The predicted molar refractivity (Wildman–Crippen MR) is 106 cm³/mol. The fraction of sp³-hybridized carbons (Fsp3) is 0. The molecule has 2 aromatic heterocycles. The van der Waals surface area contributed by atoms with Gasteiger partial charge in [-0.2, -0.15) is 15.5 Å². The van der Waals surface area contributed by atoms with E-state index in [1.807, 2.05) is 66.9 Å². The summed E-state index contributed by atoms with van der Waals surface area (Å²) in [5.74, 6) is 0.183. The summed E-state index contributed by atoms with van der Waals surface area (Å²) in [5.41, 5.74) is 6.16. The Hall–Kier alpha value is -3.89. The first-order valence-electron chi connectivity index (χ1n) is 8.28. The molecule has 8 heteroatoms. The van der Waals surface area contributed by atoms with Gasteiger partial charge in [-0.1, -0.05) is 41.9 Å². The van der Waals surface area contributed by atoms with Crippen LogP contribution in [-0.4, -0.2) is 21.0 Å². The highest BCUT2D eigenvalue weighted by Crippen LogP contribution is 2.24. The Morgan fingerprint density at radius 3 is 2.68 bits per heavy atom. The summed E-state index contributed by atoms with van der Waals surface area (Å²) in [4.78, 5) is 3.78. The Morgan fingerprint density at radius 2 is 1.93 bits per heavy atom. The monoisotopic (exact) mass is 388 g/mol. The summed E-state index contributed by atoms with van der Waals surface area (Å²) < 4.78 is 6.88. The minimum atomic E-state index is 0.134. The first kappa shape index (κ1) is 17.5. The molecule has 0 bridgehead atoms. The second kappa shape index (κ2) is 7.78. The van der Waals surface area contributed by atoms with Crippen molar-refractivity contribution in [3.63, 3.8) is 0 Å². The zero-order valence-corrected chi connectivity index (χ0v) is 15.2. The first-order valence-corrected chi connectivity index (χ1v) is 8.66. The molecule has 4 rings (SSSR count). The van der Waals surface area contributed by atoms with Crippen molar-refractivity contribution < 1.29 is 4.42 Å². The normalized spacial score (nSPS) is 10.9. The van der Waals surface area contributed by atoms with Crippen molar-refractivity contribution >= 4 is 23.7 Å². The van der Waals surface area contributed by atoms with Gasteiger partial charge in [0.25, 0.3) is 5.88 Å². The van der Waals surface area contributed by atoms with Gasteiger partial charge >= 0.3 is 0 Å². The van der Waals surface area contributed by atoms with E-state index in [9.17, 15) is 0 Å². The number of nitriles is 1. The largest absolute Gasteiger partial charge is 0.425 e. The van der Waals surface area contributed by atoms with Gasteiger partial charge in [0.1, 0.15) is 11.8 Å². The molecule has 0 fully saturated rings. The molecule has 0 saturated heterocycles. The lowest BCUT2D eigenvalue weighted by Gasteiger charge is -2.00. The lowest BCUT2D eigenvalue weighted by molar-refractivity contribution is 0.570. The lowest BCUT2D eigenvalue weighted by atomic mass is 10.1. The number of halogens is 1. The SMILES string of the molecule is N#Cc1ncoc1N/N=C\c1cn(-c2ccccc2)nc1-c1ccc(Cl)cc1. The van der Waals surface area contributed by atoms with E-state index in [-0.39, 0.29) is 11.6 Å². The molecule has 0 spiro atoms. The van der Waals surface area contributed by atoms with Crippen molar-refractivity contribution in [2.24, 2.45) is 5.10 Å². The number of hydrogen-bond donors (Lipinski definition) is 1. The van der Waals surface area contributed by atoms with Crippen LogP contribution < -0.4 is 5.43 Å². The van der Waals surface area contributed by atoms with Crippen molar-refractivity contribution in [2.75, 3.05) is 5.43 Å². The maximum Gasteiger partial charge on any atom is 0.251 e. The van der Waals surface area contributed by atoms with Crippen molar-refractivity contribution in [1.29, 1.82) is 5.26 Å².